The van der Waals surface area contributed by atoms with E-state index >= 15 is 0 Å². The molecule has 0 aliphatic rings. The van der Waals surface area contributed by atoms with Gasteiger partial charge >= 0.3 is 0 Å². The Labute approximate surface area is 97.7 Å². The first-order valence-electron chi connectivity index (χ1n) is 4.90. The monoisotopic (exact) mass is 239 g/mol. The minimum Gasteiger partial charge on any atom is -0.368 e. The SMILES string of the molecule is CC(NOCC(N)=O)c1cccc([N+](=O)[O-])c1. The number of hydrogen-bond donors (Lipinski definition) is 2. The molecule has 17 heavy (non-hydrogen) atoms. The van der Waals surface area contributed by atoms with E-state index in [4.69, 9.17) is 10.6 Å². The van der Waals surface area contributed by atoms with Gasteiger partial charge in [-0.2, -0.15) is 5.48 Å². The zero-order valence-electron chi connectivity index (χ0n) is 9.25. The second-order valence-electron chi connectivity index (χ2n) is 3.45. The van der Waals surface area contributed by atoms with Crippen LogP contribution in [0.1, 0.15) is 18.5 Å². The number of amides is 1. The van der Waals surface area contributed by atoms with Crippen LogP contribution in [-0.4, -0.2) is 17.4 Å². The van der Waals surface area contributed by atoms with Crippen molar-refractivity contribution in [3.8, 4) is 0 Å². The molecule has 0 aromatic heterocycles. The Kier molecular flexibility index (Phi) is 4.56. The summed E-state index contributed by atoms with van der Waals surface area (Å²) in [7, 11) is 0. The zero-order chi connectivity index (χ0) is 12.8. The van der Waals surface area contributed by atoms with Crippen molar-refractivity contribution < 1.29 is 14.6 Å². The van der Waals surface area contributed by atoms with Crippen LogP contribution in [0.3, 0.4) is 0 Å². The van der Waals surface area contributed by atoms with Crippen molar-refractivity contribution in [2.45, 2.75) is 13.0 Å². The molecule has 0 saturated heterocycles. The van der Waals surface area contributed by atoms with Crippen molar-refractivity contribution in [1.29, 1.82) is 0 Å². The highest BCUT2D eigenvalue weighted by Crippen LogP contribution is 2.18. The highest BCUT2D eigenvalue weighted by atomic mass is 16.6. The number of primary amides is 1. The first kappa shape index (κ1) is 13.1. The number of benzene rings is 1. The average Bonchev–Trinajstić information content (AvgIpc) is 2.28. The van der Waals surface area contributed by atoms with Gasteiger partial charge in [0.05, 0.1) is 11.0 Å². The van der Waals surface area contributed by atoms with Crippen LogP contribution in [0.15, 0.2) is 24.3 Å². The molecule has 0 aliphatic heterocycles. The van der Waals surface area contributed by atoms with E-state index in [0.717, 1.165) is 0 Å². The molecule has 1 aromatic rings. The van der Waals surface area contributed by atoms with Crippen molar-refractivity contribution in [3.05, 3.63) is 39.9 Å². The molecule has 3 N–H and O–H groups in total. The summed E-state index contributed by atoms with van der Waals surface area (Å²) in [6, 6.07) is 5.86. The zero-order valence-corrected chi connectivity index (χ0v) is 9.25. The number of nitrogens with one attached hydrogen (secondary N) is 1. The normalized spacial score (nSPS) is 12.1. The van der Waals surface area contributed by atoms with Crippen LogP contribution >= 0.6 is 0 Å². The molecule has 1 atom stereocenters. The molecule has 7 nitrogen and oxygen atoms in total. The predicted octanol–water partition coefficient (Wildman–Crippen LogP) is 0.662. The lowest BCUT2D eigenvalue weighted by Gasteiger charge is -2.12. The summed E-state index contributed by atoms with van der Waals surface area (Å²) < 4.78 is 0. The molecule has 0 heterocycles. The van der Waals surface area contributed by atoms with E-state index in [2.05, 4.69) is 5.48 Å². The van der Waals surface area contributed by atoms with Crippen LogP contribution in [0.25, 0.3) is 0 Å². The molecule has 1 rings (SSSR count). The van der Waals surface area contributed by atoms with Crippen LogP contribution in [0.4, 0.5) is 5.69 Å². The standard InChI is InChI=1S/C10H13N3O4/c1-7(12-17-6-10(11)14)8-3-2-4-9(5-8)13(15)16/h2-5,7,12H,6H2,1H3,(H2,11,14). The molecule has 1 unspecified atom stereocenters. The number of carbonyl (C=O) groups excluding carboxylic acids is 1. The molecule has 0 fully saturated rings. The fraction of sp³-hybridized carbons (Fsp3) is 0.300. The number of rotatable bonds is 6. The van der Waals surface area contributed by atoms with E-state index in [9.17, 15) is 14.9 Å². The fourth-order valence-electron chi connectivity index (χ4n) is 1.21. The second kappa shape index (κ2) is 5.92. The van der Waals surface area contributed by atoms with E-state index < -0.39 is 10.8 Å². The number of non-ortho nitro benzene ring substituents is 1. The van der Waals surface area contributed by atoms with Crippen LogP contribution < -0.4 is 11.2 Å². The molecule has 0 radical (unpaired) electrons. The smallest absolute Gasteiger partial charge is 0.269 e. The number of hydroxylamine groups is 1. The van der Waals surface area contributed by atoms with Gasteiger partial charge in [-0.15, -0.1) is 0 Å². The molecule has 1 amide bonds. The third-order valence-electron chi connectivity index (χ3n) is 2.06. The predicted molar refractivity (Wildman–Crippen MR) is 59.8 cm³/mol. The van der Waals surface area contributed by atoms with Gasteiger partial charge in [-0.3, -0.25) is 19.7 Å². The number of nitrogens with two attached hydrogens (primary N) is 1. The summed E-state index contributed by atoms with van der Waals surface area (Å²) in [6.07, 6.45) is 0. The van der Waals surface area contributed by atoms with Crippen molar-refractivity contribution in [2.24, 2.45) is 5.73 Å². The van der Waals surface area contributed by atoms with Gasteiger partial charge in [0.2, 0.25) is 5.91 Å². The Morgan fingerprint density at radius 2 is 2.35 bits per heavy atom. The van der Waals surface area contributed by atoms with Gasteiger partial charge in [0.1, 0.15) is 6.61 Å². The minimum atomic E-state index is -0.594. The first-order valence-corrected chi connectivity index (χ1v) is 4.90. The summed E-state index contributed by atoms with van der Waals surface area (Å²) in [6.45, 7) is 1.50. The number of nitro benzene ring substituents is 1. The summed E-state index contributed by atoms with van der Waals surface area (Å²) in [5, 5.41) is 10.6. The van der Waals surface area contributed by atoms with Crippen molar-refractivity contribution >= 4 is 11.6 Å². The van der Waals surface area contributed by atoms with Gasteiger partial charge in [0.15, 0.2) is 0 Å². The number of nitro groups is 1. The van der Waals surface area contributed by atoms with Gasteiger partial charge in [0.25, 0.3) is 5.69 Å². The number of hydrogen-bond acceptors (Lipinski definition) is 5. The summed E-state index contributed by atoms with van der Waals surface area (Å²) >= 11 is 0. The summed E-state index contributed by atoms with van der Waals surface area (Å²) in [5.74, 6) is -0.594. The number of nitrogens with zero attached hydrogens (tertiary/aromatic N) is 1. The lowest BCUT2D eigenvalue weighted by atomic mass is 10.1. The molecular formula is C10H13N3O4. The van der Waals surface area contributed by atoms with Gasteiger partial charge < -0.3 is 5.73 Å². The van der Waals surface area contributed by atoms with Crippen molar-refractivity contribution in [3.63, 3.8) is 0 Å². The molecule has 1 aromatic carbocycles. The molecule has 7 heteroatoms. The summed E-state index contributed by atoms with van der Waals surface area (Å²) in [4.78, 5) is 25.3. The lowest BCUT2D eigenvalue weighted by molar-refractivity contribution is -0.384. The second-order valence-corrected chi connectivity index (χ2v) is 3.45. The molecule has 0 aliphatic carbocycles. The third kappa shape index (κ3) is 4.17. The van der Waals surface area contributed by atoms with E-state index in [1.165, 1.54) is 12.1 Å². The number of carbonyl (C=O) groups is 1. The molecule has 0 spiro atoms. The van der Waals surface area contributed by atoms with E-state index in [1.54, 1.807) is 19.1 Å². The summed E-state index contributed by atoms with van der Waals surface area (Å²) in [5.41, 5.74) is 8.15. The lowest BCUT2D eigenvalue weighted by Crippen LogP contribution is -2.26. The average molecular weight is 239 g/mol. The Hall–Kier alpha value is -1.99. The van der Waals surface area contributed by atoms with Crippen molar-refractivity contribution in [2.75, 3.05) is 6.61 Å². The Morgan fingerprint density at radius 1 is 1.65 bits per heavy atom. The topological polar surface area (TPSA) is 107 Å². The quantitative estimate of drug-likeness (QED) is 0.560. The first-order chi connectivity index (χ1) is 8.00. The largest absolute Gasteiger partial charge is 0.368 e. The van der Waals surface area contributed by atoms with Crippen LogP contribution in [0, 0.1) is 10.1 Å². The molecule has 0 saturated carbocycles. The Balaban J connectivity index is 2.62. The van der Waals surface area contributed by atoms with Gasteiger partial charge in [-0.05, 0) is 12.5 Å². The maximum Gasteiger partial charge on any atom is 0.269 e. The molecular weight excluding hydrogens is 226 g/mol. The maximum atomic E-state index is 10.6. The van der Waals surface area contributed by atoms with Crippen molar-refractivity contribution in [1.82, 2.24) is 5.48 Å². The van der Waals surface area contributed by atoms with E-state index in [1.807, 2.05) is 0 Å². The van der Waals surface area contributed by atoms with E-state index in [-0.39, 0.29) is 18.3 Å². The maximum absolute atomic E-state index is 10.6. The van der Waals surface area contributed by atoms with Gasteiger partial charge in [0, 0.05) is 12.1 Å². The Bertz CT molecular complexity index is 422. The van der Waals surface area contributed by atoms with Gasteiger partial charge in [-0.25, -0.2) is 0 Å². The van der Waals surface area contributed by atoms with E-state index in [0.29, 0.717) is 5.56 Å². The Morgan fingerprint density at radius 3 is 2.94 bits per heavy atom. The molecule has 92 valence electrons. The van der Waals surface area contributed by atoms with Gasteiger partial charge in [-0.1, -0.05) is 12.1 Å². The van der Waals surface area contributed by atoms with Crippen LogP contribution in [0.5, 0.6) is 0 Å². The third-order valence-corrected chi connectivity index (χ3v) is 2.06. The molecule has 0 bridgehead atoms. The fourth-order valence-corrected chi connectivity index (χ4v) is 1.21. The minimum absolute atomic E-state index is 0.00560. The highest BCUT2D eigenvalue weighted by Gasteiger charge is 2.10. The highest BCUT2D eigenvalue weighted by molar-refractivity contribution is 5.74. The van der Waals surface area contributed by atoms with Crippen LogP contribution in [0.2, 0.25) is 0 Å². The van der Waals surface area contributed by atoms with Crippen LogP contribution in [-0.2, 0) is 9.63 Å².